The molecule has 1 saturated heterocycles. The van der Waals surface area contributed by atoms with Crippen LogP contribution in [-0.2, 0) is 4.74 Å². The number of rotatable bonds is 5. The molecule has 7 heteroatoms. The van der Waals surface area contributed by atoms with Gasteiger partial charge in [0.15, 0.2) is 5.76 Å². The lowest BCUT2D eigenvalue weighted by Gasteiger charge is -2.40. The van der Waals surface area contributed by atoms with Crippen molar-refractivity contribution in [3.8, 4) is 0 Å². The fourth-order valence-electron chi connectivity index (χ4n) is 5.04. The van der Waals surface area contributed by atoms with Gasteiger partial charge in [-0.05, 0) is 70.0 Å². The summed E-state index contributed by atoms with van der Waals surface area (Å²) in [6.45, 7) is 3.25. The van der Waals surface area contributed by atoms with Crippen LogP contribution in [0.25, 0.3) is 0 Å². The molecule has 2 aliphatic rings. The number of nitrogens with one attached hydrogen (secondary N) is 1. The Kier molecular flexibility index (Phi) is 6.16. The number of anilines is 1. The molecule has 7 nitrogen and oxygen atoms in total. The maximum Gasteiger partial charge on any atom is 0.291 e. The number of carbonyl (C=O) groups is 2. The Labute approximate surface area is 183 Å². The van der Waals surface area contributed by atoms with Gasteiger partial charge in [-0.3, -0.25) is 9.59 Å². The maximum atomic E-state index is 13.4. The Morgan fingerprint density at radius 1 is 1.10 bits per heavy atom. The predicted octanol–water partition coefficient (Wildman–Crippen LogP) is 3.27. The Hall–Kier alpha value is -2.64. The summed E-state index contributed by atoms with van der Waals surface area (Å²) in [5.74, 6) is 1.40. The van der Waals surface area contributed by atoms with E-state index in [0.29, 0.717) is 34.9 Å². The molecule has 0 unspecified atom stereocenters. The first kappa shape index (κ1) is 21.6. The van der Waals surface area contributed by atoms with Gasteiger partial charge >= 0.3 is 0 Å². The van der Waals surface area contributed by atoms with Gasteiger partial charge in [0.2, 0.25) is 0 Å². The van der Waals surface area contributed by atoms with Gasteiger partial charge in [-0.1, -0.05) is 12.1 Å². The van der Waals surface area contributed by atoms with E-state index in [1.54, 1.807) is 38.3 Å². The fraction of sp³-hybridized carbons (Fsp3) is 0.500. The third-order valence-corrected chi connectivity index (χ3v) is 6.71. The second kappa shape index (κ2) is 8.85. The van der Waals surface area contributed by atoms with E-state index in [-0.39, 0.29) is 23.7 Å². The Bertz CT molecular complexity index is 954. The van der Waals surface area contributed by atoms with E-state index in [1.807, 2.05) is 17.0 Å². The van der Waals surface area contributed by atoms with Crippen molar-refractivity contribution in [2.45, 2.75) is 31.9 Å². The van der Waals surface area contributed by atoms with Crippen molar-refractivity contribution in [2.24, 2.45) is 11.8 Å². The molecule has 0 bridgehead atoms. The van der Waals surface area contributed by atoms with Gasteiger partial charge in [0.25, 0.3) is 11.8 Å². The van der Waals surface area contributed by atoms with E-state index in [2.05, 4.69) is 24.3 Å². The highest BCUT2D eigenvalue weighted by Crippen LogP contribution is 2.39. The zero-order valence-corrected chi connectivity index (χ0v) is 18.6. The van der Waals surface area contributed by atoms with Crippen LogP contribution in [0.15, 0.2) is 40.8 Å². The van der Waals surface area contributed by atoms with Crippen molar-refractivity contribution in [1.29, 1.82) is 0 Å². The molecule has 1 aromatic heterocycles. The number of carbonyl (C=O) groups excluding carboxylic acids is 2. The summed E-state index contributed by atoms with van der Waals surface area (Å²) >= 11 is 0. The third-order valence-electron chi connectivity index (χ3n) is 6.71. The molecule has 0 spiro atoms. The number of hydrogen-bond donors (Lipinski definition) is 1. The molecule has 1 aliphatic carbocycles. The first-order valence-electron chi connectivity index (χ1n) is 10.8. The summed E-state index contributed by atoms with van der Waals surface area (Å²) in [5, 5.41) is 2.84. The van der Waals surface area contributed by atoms with Crippen LogP contribution in [0.5, 0.6) is 0 Å². The van der Waals surface area contributed by atoms with Crippen LogP contribution in [0.1, 0.15) is 39.5 Å². The number of nitrogens with zero attached hydrogens (tertiary/aromatic N) is 2. The third kappa shape index (κ3) is 4.38. The molecule has 166 valence electrons. The molecule has 1 N–H and O–H groups in total. The number of aryl methyl sites for hydroxylation is 1. The monoisotopic (exact) mass is 425 g/mol. The van der Waals surface area contributed by atoms with Gasteiger partial charge in [-0.2, -0.15) is 0 Å². The molecular formula is C24H31N3O4. The minimum absolute atomic E-state index is 0.0451. The van der Waals surface area contributed by atoms with Gasteiger partial charge in [-0.25, -0.2) is 0 Å². The summed E-state index contributed by atoms with van der Waals surface area (Å²) in [6.07, 6.45) is 2.18. The smallest absolute Gasteiger partial charge is 0.291 e. The average Bonchev–Trinajstić information content (AvgIpc) is 3.38. The van der Waals surface area contributed by atoms with E-state index < -0.39 is 0 Å². The summed E-state index contributed by atoms with van der Waals surface area (Å²) in [4.78, 5) is 30.1. The molecule has 2 fully saturated rings. The number of likely N-dealkylation sites (N-methyl/N-ethyl adjacent to an activating group) is 1. The Balaban J connectivity index is 1.49. The van der Waals surface area contributed by atoms with Crippen LogP contribution in [0.2, 0.25) is 0 Å². The van der Waals surface area contributed by atoms with Crippen molar-refractivity contribution in [3.05, 3.63) is 53.5 Å². The van der Waals surface area contributed by atoms with Gasteiger partial charge in [-0.15, -0.1) is 0 Å². The zero-order valence-electron chi connectivity index (χ0n) is 18.6. The average molecular weight is 426 g/mol. The largest absolute Gasteiger partial charge is 0.456 e. The highest BCUT2D eigenvalue weighted by molar-refractivity contribution is 6.08. The van der Waals surface area contributed by atoms with E-state index >= 15 is 0 Å². The molecule has 2 heterocycles. The lowest BCUT2D eigenvalue weighted by Crippen LogP contribution is -2.47. The first-order valence-corrected chi connectivity index (χ1v) is 10.8. The summed E-state index contributed by atoms with van der Waals surface area (Å²) in [7, 11) is 5.96. The molecule has 4 atom stereocenters. The Morgan fingerprint density at radius 2 is 1.81 bits per heavy atom. The van der Waals surface area contributed by atoms with Crippen molar-refractivity contribution in [1.82, 2.24) is 9.80 Å². The van der Waals surface area contributed by atoms with Crippen LogP contribution in [0.4, 0.5) is 5.69 Å². The molecule has 2 amide bonds. The molecule has 1 saturated carbocycles. The van der Waals surface area contributed by atoms with Crippen LogP contribution in [-0.4, -0.2) is 68.1 Å². The summed E-state index contributed by atoms with van der Waals surface area (Å²) in [6, 6.07) is 10.9. The maximum absolute atomic E-state index is 13.4. The van der Waals surface area contributed by atoms with Crippen molar-refractivity contribution < 1.29 is 18.7 Å². The van der Waals surface area contributed by atoms with E-state index in [4.69, 9.17) is 9.15 Å². The van der Waals surface area contributed by atoms with Gasteiger partial charge in [0.1, 0.15) is 5.76 Å². The Morgan fingerprint density at radius 3 is 2.45 bits per heavy atom. The number of para-hydroxylation sites is 1. The van der Waals surface area contributed by atoms with Crippen molar-refractivity contribution >= 4 is 17.5 Å². The highest BCUT2D eigenvalue weighted by Gasteiger charge is 2.44. The first-order chi connectivity index (χ1) is 14.9. The second-order valence-electron chi connectivity index (χ2n) is 8.92. The van der Waals surface area contributed by atoms with Crippen LogP contribution >= 0.6 is 0 Å². The molecule has 31 heavy (non-hydrogen) atoms. The number of hydrogen-bond acceptors (Lipinski definition) is 5. The second-order valence-corrected chi connectivity index (χ2v) is 8.92. The fourth-order valence-corrected chi connectivity index (χ4v) is 5.04. The number of likely N-dealkylation sites (tertiary alicyclic amines) is 1. The minimum Gasteiger partial charge on any atom is -0.456 e. The number of furan rings is 1. The predicted molar refractivity (Wildman–Crippen MR) is 118 cm³/mol. The molecule has 1 aromatic carbocycles. The van der Waals surface area contributed by atoms with Gasteiger partial charge in [0.05, 0.1) is 17.4 Å². The van der Waals surface area contributed by atoms with E-state index in [1.165, 1.54) is 0 Å². The molecule has 2 aromatic rings. The normalized spacial score (nSPS) is 25.5. The van der Waals surface area contributed by atoms with Gasteiger partial charge in [0, 0.05) is 26.2 Å². The van der Waals surface area contributed by atoms with E-state index in [0.717, 1.165) is 25.9 Å². The SMILES string of the molecule is CO[C@@H]1C[C@H]2CN(C(=O)c3ccccc3NC(=O)c3ccc(C)o3)C[C@H]2C[C@H]1N(C)C. The van der Waals surface area contributed by atoms with Crippen molar-refractivity contribution in [2.75, 3.05) is 39.6 Å². The number of methoxy groups -OCH3 is 1. The number of ether oxygens (including phenoxy) is 1. The lowest BCUT2D eigenvalue weighted by molar-refractivity contribution is -0.0209. The van der Waals surface area contributed by atoms with Crippen LogP contribution in [0, 0.1) is 18.8 Å². The zero-order chi connectivity index (χ0) is 22.1. The molecule has 1 aliphatic heterocycles. The van der Waals surface area contributed by atoms with Crippen LogP contribution in [0.3, 0.4) is 0 Å². The van der Waals surface area contributed by atoms with E-state index in [9.17, 15) is 9.59 Å². The standard InChI is InChI=1S/C24H31N3O4/c1-15-9-10-21(31-15)23(28)25-19-8-6-5-7-18(19)24(29)27-13-16-11-20(26(2)3)22(30-4)12-17(16)14-27/h5-10,16-17,20,22H,11-14H2,1-4H3,(H,25,28)/t16-,17+,20-,22-/m1/s1. The topological polar surface area (TPSA) is 75.0 Å². The number of fused-ring (bicyclic) bond motifs is 1. The molecular weight excluding hydrogens is 394 g/mol. The number of benzene rings is 1. The lowest BCUT2D eigenvalue weighted by atomic mass is 9.77. The molecule has 4 rings (SSSR count). The molecule has 0 radical (unpaired) electrons. The highest BCUT2D eigenvalue weighted by atomic mass is 16.5. The minimum atomic E-state index is -0.361. The summed E-state index contributed by atoms with van der Waals surface area (Å²) in [5.41, 5.74) is 1.01. The van der Waals surface area contributed by atoms with Crippen LogP contribution < -0.4 is 5.32 Å². The summed E-state index contributed by atoms with van der Waals surface area (Å²) < 4.78 is 11.2. The quantitative estimate of drug-likeness (QED) is 0.796. The van der Waals surface area contributed by atoms with Crippen molar-refractivity contribution in [3.63, 3.8) is 0 Å². The number of amides is 2. The van der Waals surface area contributed by atoms with Gasteiger partial charge < -0.3 is 24.3 Å².